The van der Waals surface area contributed by atoms with Crippen molar-refractivity contribution in [1.29, 1.82) is 0 Å². The summed E-state index contributed by atoms with van der Waals surface area (Å²) in [5.74, 6) is -0.533. The first-order chi connectivity index (χ1) is 12.0. The van der Waals surface area contributed by atoms with E-state index in [1.807, 2.05) is 24.3 Å². The van der Waals surface area contributed by atoms with E-state index in [0.29, 0.717) is 21.6 Å². The Morgan fingerprint density at radius 1 is 1.12 bits per heavy atom. The number of aromatic carboxylic acids is 1. The summed E-state index contributed by atoms with van der Waals surface area (Å²) in [4.78, 5) is 20.1. The predicted octanol–water partition coefficient (Wildman–Crippen LogP) is 4.23. The summed E-state index contributed by atoms with van der Waals surface area (Å²) in [5.41, 5.74) is 3.00. The number of fused-ring (bicyclic) bond motifs is 3. The van der Waals surface area contributed by atoms with E-state index in [-0.39, 0.29) is 12.2 Å². The van der Waals surface area contributed by atoms with Crippen LogP contribution in [0.5, 0.6) is 0 Å². The molecule has 0 spiro atoms. The minimum absolute atomic E-state index is 0.0210. The normalized spacial score (nSPS) is 12.8. The number of imidazole rings is 1. The summed E-state index contributed by atoms with van der Waals surface area (Å²) in [6.07, 6.45) is 1.50. The molecule has 0 unspecified atom stereocenters. The second-order valence-electron chi connectivity index (χ2n) is 5.52. The lowest BCUT2D eigenvalue weighted by Crippen LogP contribution is -2.07. The van der Waals surface area contributed by atoms with E-state index < -0.39 is 5.97 Å². The van der Waals surface area contributed by atoms with Crippen molar-refractivity contribution < 1.29 is 9.90 Å². The van der Waals surface area contributed by atoms with E-state index in [0.717, 1.165) is 16.8 Å². The van der Waals surface area contributed by atoms with Gasteiger partial charge >= 0.3 is 5.97 Å². The lowest BCUT2D eigenvalue weighted by Gasteiger charge is -2.13. The molecule has 25 heavy (non-hydrogen) atoms. The molecule has 0 amide bonds. The SMILES string of the molecule is O=C(O)c1cn2c(n1)CN=C(c1ccccc1Cl)c1cc(Cl)ccc1-2. The summed E-state index contributed by atoms with van der Waals surface area (Å²) in [5, 5.41) is 10.4. The smallest absolute Gasteiger partial charge is 0.356 e. The zero-order chi connectivity index (χ0) is 17.6. The zero-order valence-electron chi connectivity index (χ0n) is 12.8. The molecule has 0 atom stereocenters. The molecule has 1 aromatic heterocycles. The number of rotatable bonds is 2. The van der Waals surface area contributed by atoms with Gasteiger partial charge < -0.3 is 9.67 Å². The van der Waals surface area contributed by atoms with Crippen LogP contribution in [0.4, 0.5) is 0 Å². The highest BCUT2D eigenvalue weighted by Crippen LogP contribution is 2.30. The molecule has 4 rings (SSSR count). The Labute approximate surface area is 153 Å². The first-order valence-electron chi connectivity index (χ1n) is 7.46. The molecule has 0 aliphatic carbocycles. The third-order valence-electron chi connectivity index (χ3n) is 3.98. The monoisotopic (exact) mass is 371 g/mol. The number of aliphatic imine (C=N–C) groups is 1. The van der Waals surface area contributed by atoms with E-state index >= 15 is 0 Å². The van der Waals surface area contributed by atoms with Crippen molar-refractivity contribution >= 4 is 34.9 Å². The summed E-state index contributed by atoms with van der Waals surface area (Å²) in [6.45, 7) is 0.236. The van der Waals surface area contributed by atoms with E-state index in [1.54, 1.807) is 22.8 Å². The van der Waals surface area contributed by atoms with Gasteiger partial charge in [-0.25, -0.2) is 9.78 Å². The van der Waals surface area contributed by atoms with Gasteiger partial charge in [-0.1, -0.05) is 41.4 Å². The summed E-state index contributed by atoms with van der Waals surface area (Å²) >= 11 is 12.6. The topological polar surface area (TPSA) is 67.5 Å². The molecule has 5 nitrogen and oxygen atoms in total. The highest BCUT2D eigenvalue weighted by molar-refractivity contribution is 6.36. The lowest BCUT2D eigenvalue weighted by atomic mass is 10.0. The highest BCUT2D eigenvalue weighted by Gasteiger charge is 2.23. The van der Waals surface area contributed by atoms with Crippen LogP contribution in [0.3, 0.4) is 0 Å². The largest absolute Gasteiger partial charge is 0.476 e. The van der Waals surface area contributed by atoms with Crippen LogP contribution in [-0.2, 0) is 6.54 Å². The highest BCUT2D eigenvalue weighted by atomic mass is 35.5. The number of nitrogens with zero attached hydrogens (tertiary/aromatic N) is 3. The third-order valence-corrected chi connectivity index (χ3v) is 4.54. The summed E-state index contributed by atoms with van der Waals surface area (Å²) in [6, 6.07) is 12.8. The van der Waals surface area contributed by atoms with Crippen LogP contribution in [0, 0.1) is 0 Å². The number of carbonyl (C=O) groups is 1. The number of aromatic nitrogens is 2. The molecule has 1 aliphatic heterocycles. The van der Waals surface area contributed by atoms with Gasteiger partial charge in [0.2, 0.25) is 0 Å². The van der Waals surface area contributed by atoms with Crippen LogP contribution in [-0.4, -0.2) is 26.3 Å². The molecule has 7 heteroatoms. The van der Waals surface area contributed by atoms with Gasteiger partial charge in [0.25, 0.3) is 0 Å². The fourth-order valence-corrected chi connectivity index (χ4v) is 3.27. The van der Waals surface area contributed by atoms with Gasteiger partial charge in [-0.15, -0.1) is 0 Å². The van der Waals surface area contributed by atoms with Crippen molar-refractivity contribution in [3.05, 3.63) is 81.4 Å². The fraction of sp³-hybridized carbons (Fsp3) is 0.0556. The van der Waals surface area contributed by atoms with Crippen LogP contribution in [0.15, 0.2) is 53.7 Å². The molecule has 1 N–H and O–H groups in total. The average molecular weight is 372 g/mol. The van der Waals surface area contributed by atoms with Crippen LogP contribution in [0.25, 0.3) is 5.69 Å². The molecule has 0 radical (unpaired) electrons. The Morgan fingerprint density at radius 2 is 1.92 bits per heavy atom. The van der Waals surface area contributed by atoms with Crippen molar-refractivity contribution in [1.82, 2.24) is 9.55 Å². The third kappa shape index (κ3) is 2.71. The maximum Gasteiger partial charge on any atom is 0.356 e. The molecule has 1 aliphatic rings. The van der Waals surface area contributed by atoms with E-state index in [9.17, 15) is 9.90 Å². The summed E-state index contributed by atoms with van der Waals surface area (Å²) < 4.78 is 1.74. The van der Waals surface area contributed by atoms with Crippen molar-refractivity contribution in [2.45, 2.75) is 6.54 Å². The standard InChI is InChI=1S/C18H11Cl2N3O2/c19-10-5-6-15-12(7-10)17(11-3-1-2-4-13(11)20)21-8-16-22-14(18(24)25)9-23(15)16/h1-7,9H,8H2,(H,24,25). The summed E-state index contributed by atoms with van der Waals surface area (Å²) in [7, 11) is 0. The molecular formula is C18H11Cl2N3O2. The molecule has 0 bridgehead atoms. The Hall–Kier alpha value is -2.63. The molecule has 3 aromatic rings. The number of hydrogen-bond donors (Lipinski definition) is 1. The maximum atomic E-state index is 11.3. The first kappa shape index (κ1) is 15.9. The Balaban J connectivity index is 1.98. The number of carboxylic acids is 1. The van der Waals surface area contributed by atoms with Crippen molar-refractivity contribution in [2.24, 2.45) is 4.99 Å². The van der Waals surface area contributed by atoms with Crippen molar-refractivity contribution in [3.63, 3.8) is 0 Å². The second-order valence-corrected chi connectivity index (χ2v) is 6.37. The number of carboxylic acid groups (broad SMARTS) is 1. The van der Waals surface area contributed by atoms with Crippen LogP contribution < -0.4 is 0 Å². The molecule has 2 heterocycles. The van der Waals surface area contributed by atoms with Gasteiger partial charge in [0.15, 0.2) is 5.69 Å². The van der Waals surface area contributed by atoms with Gasteiger partial charge in [-0.2, -0.15) is 0 Å². The quantitative estimate of drug-likeness (QED) is 0.732. The van der Waals surface area contributed by atoms with Gasteiger partial charge in [0, 0.05) is 27.4 Å². The van der Waals surface area contributed by atoms with E-state index in [1.165, 1.54) is 6.20 Å². The van der Waals surface area contributed by atoms with Gasteiger partial charge in [0.05, 0.1) is 17.9 Å². The van der Waals surface area contributed by atoms with E-state index in [4.69, 9.17) is 23.2 Å². The zero-order valence-corrected chi connectivity index (χ0v) is 14.3. The number of benzene rings is 2. The van der Waals surface area contributed by atoms with Crippen molar-refractivity contribution in [3.8, 4) is 5.69 Å². The van der Waals surface area contributed by atoms with Crippen LogP contribution in [0.2, 0.25) is 10.0 Å². The first-order valence-corrected chi connectivity index (χ1v) is 8.21. The van der Waals surface area contributed by atoms with Gasteiger partial charge in [-0.3, -0.25) is 4.99 Å². The average Bonchev–Trinajstić information content (AvgIpc) is 2.95. The fourth-order valence-electron chi connectivity index (χ4n) is 2.87. The van der Waals surface area contributed by atoms with E-state index in [2.05, 4.69) is 9.98 Å². The van der Waals surface area contributed by atoms with Crippen LogP contribution in [0.1, 0.15) is 27.4 Å². The molecule has 0 saturated heterocycles. The van der Waals surface area contributed by atoms with Crippen LogP contribution >= 0.6 is 23.2 Å². The minimum atomic E-state index is -1.08. The molecular weight excluding hydrogens is 361 g/mol. The Kier molecular flexibility index (Phi) is 3.82. The van der Waals surface area contributed by atoms with Gasteiger partial charge in [0.1, 0.15) is 5.82 Å². The molecule has 124 valence electrons. The molecule has 0 saturated carbocycles. The molecule has 2 aromatic carbocycles. The Morgan fingerprint density at radius 3 is 2.68 bits per heavy atom. The lowest BCUT2D eigenvalue weighted by molar-refractivity contribution is 0.0691. The minimum Gasteiger partial charge on any atom is -0.476 e. The van der Waals surface area contributed by atoms with Gasteiger partial charge in [-0.05, 0) is 24.3 Å². The van der Waals surface area contributed by atoms with Crippen molar-refractivity contribution in [2.75, 3.05) is 0 Å². The molecule has 0 fully saturated rings. The predicted molar refractivity (Wildman–Crippen MR) is 96.3 cm³/mol. The second kappa shape index (κ2) is 6.02. The number of hydrogen-bond acceptors (Lipinski definition) is 3. The maximum absolute atomic E-state index is 11.3. The number of halogens is 2. The Bertz CT molecular complexity index is 1040.